The summed E-state index contributed by atoms with van der Waals surface area (Å²) >= 11 is 0. The molecule has 28 heavy (non-hydrogen) atoms. The van der Waals surface area contributed by atoms with Gasteiger partial charge >= 0.3 is 11.9 Å². The van der Waals surface area contributed by atoms with Crippen molar-refractivity contribution in [1.82, 2.24) is 0 Å². The first-order valence-corrected chi connectivity index (χ1v) is 9.20. The van der Waals surface area contributed by atoms with Crippen molar-refractivity contribution >= 4 is 23.9 Å². The van der Waals surface area contributed by atoms with Crippen LogP contribution in [0.1, 0.15) is 53.4 Å². The van der Waals surface area contributed by atoms with Crippen LogP contribution in [0.4, 0.5) is 0 Å². The molecule has 0 unspecified atom stereocenters. The third-order valence-corrected chi connectivity index (χ3v) is 3.52. The maximum absolute atomic E-state index is 10.3. The van der Waals surface area contributed by atoms with Crippen LogP contribution in [0.3, 0.4) is 0 Å². The molecule has 0 aliphatic carbocycles. The largest absolute Gasteiger partial charge is 0.543 e. The molecule has 8 N–H and O–H groups in total. The predicted molar refractivity (Wildman–Crippen MR) is 95.9 cm³/mol. The van der Waals surface area contributed by atoms with E-state index in [1.807, 2.05) is 0 Å². The first kappa shape index (κ1) is 30.5. The van der Waals surface area contributed by atoms with Crippen molar-refractivity contribution in [2.45, 2.75) is 53.4 Å². The number of carbonyl (C=O) groups excluding carboxylic acids is 2. The zero-order valence-corrected chi connectivity index (χ0v) is 17.3. The van der Waals surface area contributed by atoms with Crippen molar-refractivity contribution in [3.8, 4) is 0 Å². The quantitative estimate of drug-likeness (QED) is 0.277. The summed E-state index contributed by atoms with van der Waals surface area (Å²) in [6.07, 6.45) is 2.47. The molecular formula is C18H36N2O8. The average Bonchev–Trinajstić information content (AvgIpc) is 2.52. The van der Waals surface area contributed by atoms with Crippen molar-refractivity contribution in [1.29, 1.82) is 0 Å². The fourth-order valence-electron chi connectivity index (χ4n) is 2.43. The van der Waals surface area contributed by atoms with E-state index in [1.165, 1.54) is 0 Å². The minimum Gasteiger partial charge on any atom is -0.543 e. The maximum atomic E-state index is 10.3. The Morgan fingerprint density at radius 1 is 0.714 bits per heavy atom. The molecular weight excluding hydrogens is 372 g/mol. The van der Waals surface area contributed by atoms with Gasteiger partial charge in [-0.15, -0.1) is 0 Å². The second kappa shape index (κ2) is 18.2. The molecule has 0 spiro atoms. The molecule has 0 aromatic rings. The Hall–Kier alpha value is -2.20. The molecule has 10 heteroatoms. The summed E-state index contributed by atoms with van der Waals surface area (Å²) in [6.45, 7) is 9.86. The van der Waals surface area contributed by atoms with Gasteiger partial charge in [0.2, 0.25) is 0 Å². The molecule has 2 atom stereocenters. The molecule has 0 saturated heterocycles. The Labute approximate surface area is 165 Å². The van der Waals surface area contributed by atoms with Crippen LogP contribution in [0, 0.1) is 23.7 Å². The number of rotatable bonds is 10. The Balaban J connectivity index is -0.000000351. The number of carboxylic acids is 4. The summed E-state index contributed by atoms with van der Waals surface area (Å²) in [5, 5.41) is 34.9. The van der Waals surface area contributed by atoms with Gasteiger partial charge in [0.15, 0.2) is 0 Å². The molecule has 0 rings (SSSR count). The normalized spacial score (nSPS) is 12.1. The van der Waals surface area contributed by atoms with Crippen LogP contribution >= 0.6 is 0 Å². The Kier molecular flexibility index (Phi) is 19.8. The summed E-state index contributed by atoms with van der Waals surface area (Å²) < 4.78 is 0. The summed E-state index contributed by atoms with van der Waals surface area (Å²) in [5.41, 5.74) is 7.46. The van der Waals surface area contributed by atoms with Crippen LogP contribution in [0.25, 0.3) is 0 Å². The van der Waals surface area contributed by atoms with Crippen LogP contribution in [0.2, 0.25) is 0 Å². The van der Waals surface area contributed by atoms with Crippen molar-refractivity contribution < 1.29 is 51.1 Å². The van der Waals surface area contributed by atoms with Gasteiger partial charge in [-0.3, -0.25) is 9.59 Å². The highest BCUT2D eigenvalue weighted by Crippen LogP contribution is 2.13. The van der Waals surface area contributed by atoms with Crippen LogP contribution in [-0.4, -0.2) is 47.2 Å². The zero-order valence-electron chi connectivity index (χ0n) is 17.3. The molecule has 0 radical (unpaired) electrons. The zero-order chi connectivity index (χ0) is 22.9. The lowest BCUT2D eigenvalue weighted by atomic mass is 9.94. The second-order valence-corrected chi connectivity index (χ2v) is 7.34. The standard InChI is InChI=1S/2C8H17NO2.C2H2O4/c2*1-6(2)3-7(5-9)4-8(10)11;3-1(4)2(5)6/h2*6-7H,3-5,9H2,1-2H3,(H,10,11);(H,3,4)(H,5,6)/t2*7-;/m00./s1. The van der Waals surface area contributed by atoms with Crippen molar-refractivity contribution in [2.24, 2.45) is 23.7 Å². The van der Waals surface area contributed by atoms with E-state index in [9.17, 15) is 9.59 Å². The van der Waals surface area contributed by atoms with E-state index in [-0.39, 0.29) is 24.7 Å². The fraction of sp³-hybridized carbons (Fsp3) is 0.778. The summed E-state index contributed by atoms with van der Waals surface area (Å²) in [5.74, 6) is -4.13. The van der Waals surface area contributed by atoms with E-state index < -0.39 is 23.9 Å². The molecule has 0 bridgehead atoms. The van der Waals surface area contributed by atoms with Crippen LogP contribution < -0.4 is 21.7 Å². The highest BCUT2D eigenvalue weighted by molar-refractivity contribution is 6.25. The van der Waals surface area contributed by atoms with Gasteiger partial charge in [-0.25, -0.2) is 0 Å². The molecule has 10 nitrogen and oxygen atoms in total. The monoisotopic (exact) mass is 408 g/mol. The fourth-order valence-corrected chi connectivity index (χ4v) is 2.43. The lowest BCUT2D eigenvalue weighted by Gasteiger charge is -2.11. The van der Waals surface area contributed by atoms with E-state index in [2.05, 4.69) is 39.2 Å². The Morgan fingerprint density at radius 3 is 1.07 bits per heavy atom. The van der Waals surface area contributed by atoms with Gasteiger partial charge < -0.3 is 41.5 Å². The predicted octanol–water partition coefficient (Wildman–Crippen LogP) is -2.78. The maximum Gasteiger partial charge on any atom is 0.303 e. The van der Waals surface area contributed by atoms with Gasteiger partial charge in [0.1, 0.15) is 0 Å². The molecule has 0 heterocycles. The van der Waals surface area contributed by atoms with Crippen LogP contribution in [0.15, 0.2) is 0 Å². The van der Waals surface area contributed by atoms with Gasteiger partial charge in [-0.05, 0) is 24.7 Å². The highest BCUT2D eigenvalue weighted by Gasteiger charge is 2.15. The number of aliphatic carboxylic acids is 4. The molecule has 166 valence electrons. The minimum absolute atomic E-state index is 0.257. The van der Waals surface area contributed by atoms with E-state index in [0.29, 0.717) is 11.8 Å². The first-order valence-electron chi connectivity index (χ1n) is 9.20. The first-order chi connectivity index (χ1) is 12.8. The molecule has 0 saturated carbocycles. The molecule has 0 aliphatic heterocycles. The molecule has 0 aromatic carbocycles. The second-order valence-electron chi connectivity index (χ2n) is 7.34. The van der Waals surface area contributed by atoms with Gasteiger partial charge in [-0.1, -0.05) is 27.7 Å². The summed E-state index contributed by atoms with van der Waals surface area (Å²) in [7, 11) is 0. The van der Waals surface area contributed by atoms with Gasteiger partial charge in [0.05, 0.1) is 37.9 Å². The molecule has 0 aromatic heterocycles. The minimum atomic E-state index is -2.19. The van der Waals surface area contributed by atoms with Crippen LogP contribution in [-0.2, 0) is 19.2 Å². The molecule has 0 fully saturated rings. The van der Waals surface area contributed by atoms with Crippen molar-refractivity contribution in [2.75, 3.05) is 13.1 Å². The van der Waals surface area contributed by atoms with Gasteiger partial charge in [0, 0.05) is 11.8 Å². The summed E-state index contributed by atoms with van der Waals surface area (Å²) in [6, 6.07) is 0. The van der Waals surface area contributed by atoms with E-state index in [1.54, 1.807) is 0 Å². The number of carbonyl (C=O) groups is 4. The topological polar surface area (TPSA) is 210 Å². The number of hydrogen-bond acceptors (Lipinski definition) is 6. The SMILES string of the molecule is CC(C)C[C@H](C[NH3+])CC(=O)O.CC(C)C[C@H](C[NH3+])CC(=O)O.O=C([O-])C(=O)[O-]. The Morgan fingerprint density at radius 2 is 0.964 bits per heavy atom. The number of hydrogen-bond donors (Lipinski definition) is 4. The number of carboxylic acid groups (broad SMARTS) is 4. The highest BCUT2D eigenvalue weighted by atomic mass is 16.4. The van der Waals surface area contributed by atoms with Gasteiger partial charge in [-0.2, -0.15) is 0 Å². The third kappa shape index (κ3) is 26.0. The van der Waals surface area contributed by atoms with Gasteiger partial charge in [0.25, 0.3) is 0 Å². The smallest absolute Gasteiger partial charge is 0.303 e. The Bertz CT molecular complexity index is 425. The lowest BCUT2D eigenvalue weighted by molar-refractivity contribution is -0.380. The third-order valence-electron chi connectivity index (χ3n) is 3.52. The van der Waals surface area contributed by atoms with Crippen molar-refractivity contribution in [3.05, 3.63) is 0 Å². The van der Waals surface area contributed by atoms with E-state index >= 15 is 0 Å². The molecule has 0 aliphatic rings. The molecule has 0 amide bonds. The van der Waals surface area contributed by atoms with E-state index in [4.69, 9.17) is 30.0 Å². The summed E-state index contributed by atoms with van der Waals surface area (Å²) in [4.78, 5) is 38.5. The average molecular weight is 408 g/mol. The van der Waals surface area contributed by atoms with Crippen LogP contribution in [0.5, 0.6) is 0 Å². The lowest BCUT2D eigenvalue weighted by Crippen LogP contribution is -2.54. The van der Waals surface area contributed by atoms with Crippen molar-refractivity contribution in [3.63, 3.8) is 0 Å². The van der Waals surface area contributed by atoms with E-state index in [0.717, 1.165) is 25.9 Å². The number of quaternary nitrogens is 2.